The van der Waals surface area contributed by atoms with Crippen LogP contribution in [0.3, 0.4) is 0 Å². The minimum Gasteiger partial charge on any atom is -0.406 e. The summed E-state index contributed by atoms with van der Waals surface area (Å²) in [6, 6.07) is 9.05. The lowest BCUT2D eigenvalue weighted by Gasteiger charge is -2.34. The average molecular weight is 394 g/mol. The van der Waals surface area contributed by atoms with E-state index in [9.17, 15) is 18.0 Å². The highest BCUT2D eigenvalue weighted by Crippen LogP contribution is 2.23. The molecule has 9 heteroatoms. The van der Waals surface area contributed by atoms with Crippen LogP contribution in [-0.2, 0) is 11.3 Å². The molecule has 0 aliphatic carbocycles. The molecule has 0 unspecified atom stereocenters. The van der Waals surface area contributed by atoms with Crippen molar-refractivity contribution >= 4 is 11.6 Å². The zero-order valence-electron chi connectivity index (χ0n) is 15.2. The number of rotatable bonds is 6. The number of halogens is 3. The van der Waals surface area contributed by atoms with E-state index in [1.165, 1.54) is 24.3 Å². The number of aromatic nitrogens is 1. The number of carbonyl (C=O) groups is 1. The third kappa shape index (κ3) is 6.50. The number of alkyl halides is 3. The molecule has 3 rings (SSSR count). The Morgan fingerprint density at radius 1 is 1.07 bits per heavy atom. The highest BCUT2D eigenvalue weighted by atomic mass is 19.4. The van der Waals surface area contributed by atoms with Crippen molar-refractivity contribution in [3.05, 3.63) is 54.4 Å². The van der Waals surface area contributed by atoms with Gasteiger partial charge in [-0.15, -0.1) is 13.2 Å². The first-order chi connectivity index (χ1) is 13.4. The largest absolute Gasteiger partial charge is 0.573 e. The number of amides is 1. The summed E-state index contributed by atoms with van der Waals surface area (Å²) in [5, 5.41) is 2.69. The Labute approximate surface area is 160 Å². The molecule has 0 bridgehead atoms. The van der Waals surface area contributed by atoms with Crippen LogP contribution in [0.5, 0.6) is 5.75 Å². The number of carbonyl (C=O) groups excluding carboxylic acids is 1. The van der Waals surface area contributed by atoms with Gasteiger partial charge in [0.2, 0.25) is 5.91 Å². The average Bonchev–Trinajstić information content (AvgIpc) is 2.65. The molecule has 0 saturated carbocycles. The van der Waals surface area contributed by atoms with Gasteiger partial charge in [0, 0.05) is 50.8 Å². The SMILES string of the molecule is O=C(CN1CCN(Cc2cccnc2)CC1)Nc1ccc(OC(F)(F)F)cc1. The van der Waals surface area contributed by atoms with Gasteiger partial charge in [-0.2, -0.15) is 0 Å². The van der Waals surface area contributed by atoms with Crippen molar-refractivity contribution in [3.63, 3.8) is 0 Å². The van der Waals surface area contributed by atoms with E-state index < -0.39 is 6.36 Å². The summed E-state index contributed by atoms with van der Waals surface area (Å²) < 4.78 is 40.3. The van der Waals surface area contributed by atoms with Crippen molar-refractivity contribution in [2.24, 2.45) is 0 Å². The maximum Gasteiger partial charge on any atom is 0.573 e. The Hall–Kier alpha value is -2.65. The van der Waals surface area contributed by atoms with Crippen LogP contribution in [0.25, 0.3) is 0 Å². The lowest BCUT2D eigenvalue weighted by Crippen LogP contribution is -2.48. The van der Waals surface area contributed by atoms with Crippen LogP contribution in [-0.4, -0.2) is 59.8 Å². The second-order valence-electron chi connectivity index (χ2n) is 6.53. The number of hydrogen-bond donors (Lipinski definition) is 1. The first-order valence-electron chi connectivity index (χ1n) is 8.87. The highest BCUT2D eigenvalue weighted by Gasteiger charge is 2.31. The third-order valence-electron chi connectivity index (χ3n) is 4.33. The fraction of sp³-hybridized carbons (Fsp3) is 0.368. The van der Waals surface area contributed by atoms with Gasteiger partial charge < -0.3 is 10.1 Å². The zero-order chi connectivity index (χ0) is 20.0. The minimum absolute atomic E-state index is 0.204. The Morgan fingerprint density at radius 2 is 1.75 bits per heavy atom. The number of nitrogens with zero attached hydrogens (tertiary/aromatic N) is 3. The summed E-state index contributed by atoms with van der Waals surface area (Å²) in [6.45, 7) is 4.32. The van der Waals surface area contributed by atoms with Gasteiger partial charge in [-0.25, -0.2) is 0 Å². The third-order valence-corrected chi connectivity index (χ3v) is 4.33. The van der Waals surface area contributed by atoms with E-state index in [0.717, 1.165) is 38.3 Å². The van der Waals surface area contributed by atoms with Crippen LogP contribution in [0.4, 0.5) is 18.9 Å². The monoisotopic (exact) mass is 394 g/mol. The van der Waals surface area contributed by atoms with E-state index in [0.29, 0.717) is 5.69 Å². The molecule has 2 aromatic rings. The molecular formula is C19H21F3N4O2. The Morgan fingerprint density at radius 3 is 2.36 bits per heavy atom. The van der Waals surface area contributed by atoms with Gasteiger partial charge in [-0.05, 0) is 35.9 Å². The lowest BCUT2D eigenvalue weighted by molar-refractivity contribution is -0.274. The summed E-state index contributed by atoms with van der Waals surface area (Å²) in [7, 11) is 0. The maximum absolute atomic E-state index is 12.2. The van der Waals surface area contributed by atoms with Gasteiger partial charge in [0.15, 0.2) is 0 Å². The van der Waals surface area contributed by atoms with Crippen molar-refractivity contribution in [1.29, 1.82) is 0 Å². The van der Waals surface area contributed by atoms with Gasteiger partial charge in [-0.3, -0.25) is 19.6 Å². The molecule has 28 heavy (non-hydrogen) atoms. The Balaban J connectivity index is 1.41. The van der Waals surface area contributed by atoms with Crippen LogP contribution in [0.1, 0.15) is 5.56 Å². The van der Waals surface area contributed by atoms with Gasteiger partial charge in [0.05, 0.1) is 6.54 Å². The minimum atomic E-state index is -4.73. The smallest absolute Gasteiger partial charge is 0.406 e. The number of ether oxygens (including phenoxy) is 1. The van der Waals surface area contributed by atoms with Gasteiger partial charge in [-0.1, -0.05) is 6.07 Å². The number of nitrogens with one attached hydrogen (secondary N) is 1. The van der Waals surface area contributed by atoms with Crippen molar-refractivity contribution in [1.82, 2.24) is 14.8 Å². The number of pyridine rings is 1. The molecule has 1 aliphatic rings. The molecule has 1 amide bonds. The molecular weight excluding hydrogens is 373 g/mol. The van der Waals surface area contributed by atoms with E-state index in [1.807, 2.05) is 18.3 Å². The summed E-state index contributed by atoms with van der Waals surface area (Å²) >= 11 is 0. The fourth-order valence-corrected chi connectivity index (χ4v) is 3.00. The van der Waals surface area contributed by atoms with Crippen LogP contribution in [0.15, 0.2) is 48.8 Å². The van der Waals surface area contributed by atoms with E-state index in [4.69, 9.17) is 0 Å². The molecule has 0 atom stereocenters. The first-order valence-corrected chi connectivity index (χ1v) is 8.87. The molecule has 150 valence electrons. The normalized spacial score (nSPS) is 16.0. The van der Waals surface area contributed by atoms with Gasteiger partial charge in [0.25, 0.3) is 0 Å². The molecule has 0 spiro atoms. The molecule has 1 N–H and O–H groups in total. The maximum atomic E-state index is 12.2. The zero-order valence-corrected chi connectivity index (χ0v) is 15.2. The van der Waals surface area contributed by atoms with E-state index in [2.05, 4.69) is 24.8 Å². The quantitative estimate of drug-likeness (QED) is 0.817. The molecule has 1 aromatic carbocycles. The van der Waals surface area contributed by atoms with Crippen LogP contribution < -0.4 is 10.1 Å². The van der Waals surface area contributed by atoms with Crippen LogP contribution in [0.2, 0.25) is 0 Å². The summed E-state index contributed by atoms with van der Waals surface area (Å²) in [5.41, 5.74) is 1.58. The standard InChI is InChI=1S/C19H21F3N4O2/c20-19(21,22)28-17-5-3-16(4-6-17)24-18(27)14-26-10-8-25(9-11-26)13-15-2-1-7-23-12-15/h1-7,12H,8-11,13-14H2,(H,24,27). The Kier molecular flexibility index (Phi) is 6.48. The second kappa shape index (κ2) is 9.03. The van der Waals surface area contributed by atoms with Crippen LogP contribution >= 0.6 is 0 Å². The molecule has 1 aromatic heterocycles. The number of hydrogen-bond acceptors (Lipinski definition) is 5. The van der Waals surface area contributed by atoms with E-state index >= 15 is 0 Å². The van der Waals surface area contributed by atoms with Crippen molar-refractivity contribution in [3.8, 4) is 5.75 Å². The molecule has 1 aliphatic heterocycles. The topological polar surface area (TPSA) is 57.7 Å². The predicted octanol–water partition coefficient (Wildman–Crippen LogP) is 2.74. The molecule has 0 radical (unpaired) electrons. The van der Waals surface area contributed by atoms with Crippen molar-refractivity contribution in [2.75, 3.05) is 38.0 Å². The van der Waals surface area contributed by atoms with Gasteiger partial charge in [0.1, 0.15) is 5.75 Å². The number of anilines is 1. The fourth-order valence-electron chi connectivity index (χ4n) is 3.00. The summed E-state index contributed by atoms with van der Waals surface area (Å²) in [6.07, 6.45) is -1.13. The number of piperazine rings is 1. The first kappa shape index (κ1) is 20.1. The molecule has 1 saturated heterocycles. The lowest BCUT2D eigenvalue weighted by atomic mass is 10.2. The molecule has 1 fully saturated rings. The second-order valence-corrected chi connectivity index (χ2v) is 6.53. The Bertz CT molecular complexity index is 761. The highest BCUT2D eigenvalue weighted by molar-refractivity contribution is 5.92. The van der Waals surface area contributed by atoms with Crippen molar-refractivity contribution in [2.45, 2.75) is 12.9 Å². The van der Waals surface area contributed by atoms with E-state index in [-0.39, 0.29) is 18.2 Å². The summed E-state index contributed by atoms with van der Waals surface area (Å²) in [5.74, 6) is -0.527. The van der Waals surface area contributed by atoms with Gasteiger partial charge >= 0.3 is 6.36 Å². The van der Waals surface area contributed by atoms with Crippen molar-refractivity contribution < 1.29 is 22.7 Å². The predicted molar refractivity (Wildman–Crippen MR) is 97.7 cm³/mol. The summed E-state index contributed by atoms with van der Waals surface area (Å²) in [4.78, 5) is 20.7. The van der Waals surface area contributed by atoms with E-state index in [1.54, 1.807) is 6.20 Å². The number of benzene rings is 1. The molecule has 6 nitrogen and oxygen atoms in total. The van der Waals surface area contributed by atoms with Crippen LogP contribution in [0, 0.1) is 0 Å². The molecule has 2 heterocycles.